The fourth-order valence-electron chi connectivity index (χ4n) is 2.08. The van der Waals surface area contributed by atoms with Crippen LogP contribution in [0.25, 0.3) is 11.1 Å². The first-order valence-electron chi connectivity index (χ1n) is 6.63. The Hall–Kier alpha value is -2.14. The number of carboxylic acids is 1. The largest absolute Gasteiger partial charge is 0.478 e. The van der Waals surface area contributed by atoms with E-state index in [2.05, 4.69) is 19.2 Å². The van der Waals surface area contributed by atoms with Gasteiger partial charge in [-0.3, -0.25) is 4.79 Å². The zero-order valence-corrected chi connectivity index (χ0v) is 13.0. The third-order valence-electron chi connectivity index (χ3n) is 3.18. The summed E-state index contributed by atoms with van der Waals surface area (Å²) in [5, 5.41) is 14.1. The van der Waals surface area contributed by atoms with Gasteiger partial charge >= 0.3 is 5.97 Å². The quantitative estimate of drug-likeness (QED) is 0.889. The fourth-order valence-corrected chi connectivity index (χ4v) is 3.09. The summed E-state index contributed by atoms with van der Waals surface area (Å²) < 4.78 is 0. The minimum absolute atomic E-state index is 0.146. The van der Waals surface area contributed by atoms with E-state index in [4.69, 9.17) is 0 Å². The Bertz CT molecular complexity index is 671. The highest BCUT2D eigenvalue weighted by Crippen LogP contribution is 2.36. The maximum atomic E-state index is 11.5. The lowest BCUT2D eigenvalue weighted by molar-refractivity contribution is -0.114. The molecule has 0 aliphatic heterocycles. The van der Waals surface area contributed by atoms with Crippen LogP contribution in [-0.4, -0.2) is 17.0 Å². The molecule has 1 amide bonds. The Morgan fingerprint density at radius 3 is 2.29 bits per heavy atom. The molecule has 5 heteroatoms. The van der Waals surface area contributed by atoms with Crippen molar-refractivity contribution in [3.8, 4) is 11.1 Å². The number of benzene rings is 1. The zero-order valence-electron chi connectivity index (χ0n) is 12.1. The van der Waals surface area contributed by atoms with Gasteiger partial charge in [0.2, 0.25) is 5.91 Å². The molecule has 1 aromatic carbocycles. The molecule has 1 heterocycles. The van der Waals surface area contributed by atoms with Crippen molar-refractivity contribution in [1.29, 1.82) is 0 Å². The summed E-state index contributed by atoms with van der Waals surface area (Å²) in [5.74, 6) is -0.889. The van der Waals surface area contributed by atoms with Gasteiger partial charge in [0, 0.05) is 17.9 Å². The van der Waals surface area contributed by atoms with Crippen LogP contribution in [0.2, 0.25) is 0 Å². The van der Waals surface area contributed by atoms with E-state index in [1.165, 1.54) is 23.8 Å². The highest BCUT2D eigenvalue weighted by Gasteiger charge is 2.20. The molecule has 0 fully saturated rings. The Labute approximate surface area is 127 Å². The summed E-state index contributed by atoms with van der Waals surface area (Å²) >= 11 is 1.23. The first kappa shape index (κ1) is 15.3. The number of hydrogen-bond acceptors (Lipinski definition) is 3. The van der Waals surface area contributed by atoms with Crippen LogP contribution in [0.15, 0.2) is 29.6 Å². The highest BCUT2D eigenvalue weighted by molar-refractivity contribution is 7.15. The minimum Gasteiger partial charge on any atom is -0.478 e. The van der Waals surface area contributed by atoms with Crippen molar-refractivity contribution in [3.63, 3.8) is 0 Å². The van der Waals surface area contributed by atoms with Gasteiger partial charge in [-0.05, 0) is 17.0 Å². The van der Waals surface area contributed by atoms with Crippen molar-refractivity contribution in [2.45, 2.75) is 26.7 Å². The van der Waals surface area contributed by atoms with Crippen LogP contribution < -0.4 is 5.32 Å². The van der Waals surface area contributed by atoms with E-state index in [0.717, 1.165) is 5.56 Å². The fraction of sp³-hybridized carbons (Fsp3) is 0.250. The number of amides is 1. The molecule has 110 valence electrons. The van der Waals surface area contributed by atoms with E-state index in [-0.39, 0.29) is 11.5 Å². The van der Waals surface area contributed by atoms with Crippen molar-refractivity contribution in [2.75, 3.05) is 5.32 Å². The van der Waals surface area contributed by atoms with Crippen molar-refractivity contribution in [3.05, 3.63) is 40.8 Å². The summed E-state index contributed by atoms with van der Waals surface area (Å²) in [6.07, 6.45) is 0. The van der Waals surface area contributed by atoms with Crippen molar-refractivity contribution < 1.29 is 14.7 Å². The van der Waals surface area contributed by atoms with Gasteiger partial charge in [-0.25, -0.2) is 4.79 Å². The topological polar surface area (TPSA) is 66.4 Å². The van der Waals surface area contributed by atoms with E-state index in [1.807, 2.05) is 24.3 Å². The number of thiophene rings is 1. The normalized spacial score (nSPS) is 10.7. The van der Waals surface area contributed by atoms with Crippen LogP contribution >= 0.6 is 11.3 Å². The van der Waals surface area contributed by atoms with Gasteiger partial charge in [-0.2, -0.15) is 0 Å². The van der Waals surface area contributed by atoms with Gasteiger partial charge in [0.1, 0.15) is 10.6 Å². The minimum atomic E-state index is -1.04. The van der Waals surface area contributed by atoms with Crippen LogP contribution in [0.4, 0.5) is 5.00 Å². The lowest BCUT2D eigenvalue weighted by Crippen LogP contribution is -2.08. The van der Waals surface area contributed by atoms with Crippen LogP contribution in [0.1, 0.15) is 42.6 Å². The molecular formula is C16H17NO3S. The molecule has 21 heavy (non-hydrogen) atoms. The molecule has 0 radical (unpaired) electrons. The van der Waals surface area contributed by atoms with Gasteiger partial charge < -0.3 is 10.4 Å². The second-order valence-electron chi connectivity index (χ2n) is 5.12. The lowest BCUT2D eigenvalue weighted by Gasteiger charge is -2.07. The molecule has 0 spiro atoms. The molecule has 0 atom stereocenters. The molecule has 2 rings (SSSR count). The SMILES string of the molecule is CC(=O)Nc1scc(-c2ccc(C(C)C)cc2)c1C(=O)O. The van der Waals surface area contributed by atoms with E-state index >= 15 is 0 Å². The van der Waals surface area contributed by atoms with E-state index in [0.29, 0.717) is 16.5 Å². The molecular weight excluding hydrogens is 286 g/mol. The van der Waals surface area contributed by atoms with Crippen LogP contribution in [0, 0.1) is 0 Å². The molecule has 0 saturated heterocycles. The summed E-state index contributed by atoms with van der Waals surface area (Å²) in [6.45, 7) is 5.58. The van der Waals surface area contributed by atoms with Gasteiger partial charge in [-0.1, -0.05) is 38.1 Å². The van der Waals surface area contributed by atoms with Crippen molar-refractivity contribution in [2.24, 2.45) is 0 Å². The van der Waals surface area contributed by atoms with Gasteiger partial charge in [0.15, 0.2) is 0 Å². The van der Waals surface area contributed by atoms with Crippen LogP contribution in [0.3, 0.4) is 0 Å². The summed E-state index contributed by atoms with van der Waals surface area (Å²) in [4.78, 5) is 22.6. The first-order valence-corrected chi connectivity index (χ1v) is 7.50. The number of hydrogen-bond donors (Lipinski definition) is 2. The van der Waals surface area contributed by atoms with Gasteiger partial charge in [0.05, 0.1) is 0 Å². The molecule has 1 aromatic heterocycles. The first-order chi connectivity index (χ1) is 9.90. The van der Waals surface area contributed by atoms with Gasteiger partial charge in [-0.15, -0.1) is 11.3 Å². The van der Waals surface area contributed by atoms with E-state index in [9.17, 15) is 14.7 Å². The maximum absolute atomic E-state index is 11.5. The molecule has 0 unspecified atom stereocenters. The average Bonchev–Trinajstić information content (AvgIpc) is 2.81. The Morgan fingerprint density at radius 2 is 1.81 bits per heavy atom. The van der Waals surface area contributed by atoms with E-state index in [1.54, 1.807) is 5.38 Å². The maximum Gasteiger partial charge on any atom is 0.339 e. The van der Waals surface area contributed by atoms with Gasteiger partial charge in [0.25, 0.3) is 0 Å². The average molecular weight is 303 g/mol. The predicted molar refractivity (Wildman–Crippen MR) is 85.1 cm³/mol. The molecule has 4 nitrogen and oxygen atoms in total. The third-order valence-corrected chi connectivity index (χ3v) is 4.08. The smallest absolute Gasteiger partial charge is 0.339 e. The molecule has 0 bridgehead atoms. The predicted octanol–water partition coefficient (Wildman–Crippen LogP) is 4.20. The Morgan fingerprint density at radius 1 is 1.19 bits per heavy atom. The zero-order chi connectivity index (χ0) is 15.6. The third kappa shape index (κ3) is 3.31. The number of carbonyl (C=O) groups excluding carboxylic acids is 1. The molecule has 2 aromatic rings. The highest BCUT2D eigenvalue weighted by atomic mass is 32.1. The van der Waals surface area contributed by atoms with Crippen LogP contribution in [0.5, 0.6) is 0 Å². The van der Waals surface area contributed by atoms with Crippen molar-refractivity contribution >= 4 is 28.2 Å². The summed E-state index contributed by atoms with van der Waals surface area (Å²) in [7, 11) is 0. The summed E-state index contributed by atoms with van der Waals surface area (Å²) in [5.41, 5.74) is 2.82. The monoisotopic (exact) mass is 303 g/mol. The Balaban J connectivity index is 2.46. The van der Waals surface area contributed by atoms with Crippen LogP contribution in [-0.2, 0) is 4.79 Å². The molecule has 0 aliphatic rings. The second-order valence-corrected chi connectivity index (χ2v) is 6.00. The number of nitrogens with one attached hydrogen (secondary N) is 1. The molecule has 2 N–H and O–H groups in total. The van der Waals surface area contributed by atoms with Crippen molar-refractivity contribution in [1.82, 2.24) is 0 Å². The molecule has 0 aliphatic carbocycles. The Kier molecular flexibility index (Phi) is 4.43. The number of anilines is 1. The summed E-state index contributed by atoms with van der Waals surface area (Å²) in [6, 6.07) is 7.84. The molecule has 0 saturated carbocycles. The number of aromatic carboxylic acids is 1. The number of carbonyl (C=O) groups is 2. The lowest BCUT2D eigenvalue weighted by atomic mass is 9.98. The second kappa shape index (κ2) is 6.10. The van der Waals surface area contributed by atoms with E-state index < -0.39 is 5.97 Å². The number of carboxylic acid groups (broad SMARTS) is 1. The number of rotatable bonds is 4. The standard InChI is InChI=1S/C16H17NO3S/c1-9(2)11-4-6-12(7-5-11)13-8-21-15(17-10(3)18)14(13)16(19)20/h4-9H,1-3H3,(H,17,18)(H,19,20).